The normalized spacial score (nSPS) is 11.0. The Kier molecular flexibility index (Phi) is 7.07. The Balaban J connectivity index is 1.94. The first-order valence-electron chi connectivity index (χ1n) is 9.97. The van der Waals surface area contributed by atoms with E-state index in [1.807, 2.05) is 74.5 Å². The van der Waals surface area contributed by atoms with Crippen molar-refractivity contribution >= 4 is 28.4 Å². The zero-order valence-corrected chi connectivity index (χ0v) is 17.1. The van der Waals surface area contributed by atoms with Crippen LogP contribution in [0.15, 0.2) is 66.2 Å². The van der Waals surface area contributed by atoms with Crippen molar-refractivity contribution in [3.8, 4) is 17.6 Å². The van der Waals surface area contributed by atoms with Gasteiger partial charge in [-0.3, -0.25) is 4.79 Å². The number of carbonyl (C=O) groups is 1. The summed E-state index contributed by atoms with van der Waals surface area (Å²) >= 11 is 0. The lowest BCUT2D eigenvalue weighted by atomic mass is 10.1. The molecule has 0 unspecified atom stereocenters. The lowest BCUT2D eigenvalue weighted by Crippen LogP contribution is -2.13. The van der Waals surface area contributed by atoms with Gasteiger partial charge in [-0.05, 0) is 36.9 Å². The third-order valence-corrected chi connectivity index (χ3v) is 4.46. The van der Waals surface area contributed by atoms with Crippen molar-refractivity contribution in [2.45, 2.75) is 20.3 Å². The fourth-order valence-electron chi connectivity index (χ4n) is 3.10. The number of para-hydroxylation sites is 1. The van der Waals surface area contributed by atoms with E-state index in [1.165, 1.54) is 6.08 Å². The van der Waals surface area contributed by atoms with Crippen LogP contribution in [0.1, 0.15) is 25.8 Å². The van der Waals surface area contributed by atoms with Gasteiger partial charge in [0.2, 0.25) is 0 Å². The highest BCUT2D eigenvalue weighted by Crippen LogP contribution is 2.33. The minimum Gasteiger partial charge on any atom is -0.490 e. The molecule has 0 aliphatic carbocycles. The van der Waals surface area contributed by atoms with Crippen LogP contribution < -0.4 is 14.8 Å². The standard InChI is InChI=1S/C25H24N2O3/c1-3-15-30-24-19(11-8-14-23(24)29-4-2)16-20(17-26)25(28)27-22-13-7-10-18-9-5-6-12-21(18)22/h5-14,16H,3-4,15H2,1-2H3,(H,27,28)/b20-16+. The number of benzene rings is 3. The molecule has 1 N–H and O–H groups in total. The van der Waals surface area contributed by atoms with Gasteiger partial charge in [-0.2, -0.15) is 5.26 Å². The number of hydrogen-bond acceptors (Lipinski definition) is 4. The molecular weight excluding hydrogens is 376 g/mol. The van der Waals surface area contributed by atoms with Gasteiger partial charge in [0.15, 0.2) is 11.5 Å². The van der Waals surface area contributed by atoms with E-state index in [0.717, 1.165) is 17.2 Å². The van der Waals surface area contributed by atoms with Gasteiger partial charge in [0.1, 0.15) is 11.6 Å². The molecule has 1 amide bonds. The van der Waals surface area contributed by atoms with Crippen molar-refractivity contribution in [2.75, 3.05) is 18.5 Å². The minimum atomic E-state index is -0.475. The van der Waals surface area contributed by atoms with Crippen LogP contribution in [0.25, 0.3) is 16.8 Å². The summed E-state index contributed by atoms with van der Waals surface area (Å²) in [7, 11) is 0. The maximum atomic E-state index is 12.9. The Morgan fingerprint density at radius 1 is 1.03 bits per heavy atom. The molecule has 0 fully saturated rings. The second kappa shape index (κ2) is 10.1. The maximum Gasteiger partial charge on any atom is 0.266 e. The van der Waals surface area contributed by atoms with Crippen LogP contribution in [0.4, 0.5) is 5.69 Å². The molecule has 0 saturated carbocycles. The van der Waals surface area contributed by atoms with E-state index >= 15 is 0 Å². The fraction of sp³-hybridized carbons (Fsp3) is 0.200. The summed E-state index contributed by atoms with van der Waals surface area (Å²) in [5.74, 6) is 0.649. The zero-order valence-electron chi connectivity index (χ0n) is 17.1. The second-order valence-electron chi connectivity index (χ2n) is 6.61. The highest BCUT2D eigenvalue weighted by atomic mass is 16.5. The largest absolute Gasteiger partial charge is 0.490 e. The summed E-state index contributed by atoms with van der Waals surface area (Å²) in [5, 5.41) is 14.4. The lowest BCUT2D eigenvalue weighted by molar-refractivity contribution is -0.112. The van der Waals surface area contributed by atoms with Gasteiger partial charge in [-0.25, -0.2) is 0 Å². The maximum absolute atomic E-state index is 12.9. The van der Waals surface area contributed by atoms with Gasteiger partial charge >= 0.3 is 0 Å². The average Bonchev–Trinajstić information content (AvgIpc) is 2.77. The topological polar surface area (TPSA) is 71.3 Å². The summed E-state index contributed by atoms with van der Waals surface area (Å²) < 4.78 is 11.5. The minimum absolute atomic E-state index is 0.0158. The van der Waals surface area contributed by atoms with E-state index in [1.54, 1.807) is 6.07 Å². The molecule has 0 bridgehead atoms. The Hall–Kier alpha value is -3.78. The molecule has 3 aromatic rings. The number of nitriles is 1. The molecule has 3 rings (SSSR count). The van der Waals surface area contributed by atoms with Crippen molar-refractivity contribution < 1.29 is 14.3 Å². The Bertz CT molecular complexity index is 1110. The molecule has 0 spiro atoms. The van der Waals surface area contributed by atoms with E-state index in [-0.39, 0.29) is 5.57 Å². The van der Waals surface area contributed by atoms with Gasteiger partial charge in [-0.15, -0.1) is 0 Å². The van der Waals surface area contributed by atoms with Crippen molar-refractivity contribution in [3.05, 3.63) is 71.8 Å². The number of nitrogens with one attached hydrogen (secondary N) is 1. The third-order valence-electron chi connectivity index (χ3n) is 4.46. The molecule has 152 valence electrons. The number of fused-ring (bicyclic) bond motifs is 1. The van der Waals surface area contributed by atoms with Crippen molar-refractivity contribution in [3.63, 3.8) is 0 Å². The summed E-state index contributed by atoms with van der Waals surface area (Å²) in [6.07, 6.45) is 2.37. The number of carbonyl (C=O) groups excluding carboxylic acids is 1. The van der Waals surface area contributed by atoms with Crippen LogP contribution in [0.5, 0.6) is 11.5 Å². The van der Waals surface area contributed by atoms with Crippen LogP contribution in [0.2, 0.25) is 0 Å². The molecule has 5 heteroatoms. The summed E-state index contributed by atoms with van der Waals surface area (Å²) in [6, 6.07) is 20.9. The summed E-state index contributed by atoms with van der Waals surface area (Å²) in [4.78, 5) is 12.9. The monoisotopic (exact) mass is 400 g/mol. The number of hydrogen-bond donors (Lipinski definition) is 1. The van der Waals surface area contributed by atoms with Gasteiger partial charge in [-0.1, -0.05) is 55.5 Å². The van der Waals surface area contributed by atoms with Crippen LogP contribution in [-0.4, -0.2) is 19.1 Å². The van der Waals surface area contributed by atoms with Gasteiger partial charge in [0, 0.05) is 16.6 Å². The molecule has 0 radical (unpaired) electrons. The Morgan fingerprint density at radius 3 is 2.57 bits per heavy atom. The SMILES string of the molecule is CCCOc1c(/C=C(\C#N)C(=O)Nc2cccc3ccccc23)cccc1OCC. The van der Waals surface area contributed by atoms with E-state index in [4.69, 9.17) is 9.47 Å². The van der Waals surface area contributed by atoms with E-state index in [9.17, 15) is 10.1 Å². The van der Waals surface area contributed by atoms with Crippen molar-refractivity contribution in [1.82, 2.24) is 0 Å². The third kappa shape index (κ3) is 4.79. The first-order chi connectivity index (χ1) is 14.7. The molecule has 0 saturated heterocycles. The number of rotatable bonds is 8. The number of anilines is 1. The second-order valence-corrected chi connectivity index (χ2v) is 6.61. The highest BCUT2D eigenvalue weighted by molar-refractivity contribution is 6.13. The molecule has 0 aromatic heterocycles. The molecule has 5 nitrogen and oxygen atoms in total. The molecule has 0 atom stereocenters. The average molecular weight is 400 g/mol. The molecule has 0 heterocycles. The van der Waals surface area contributed by atoms with Gasteiger partial charge in [0.05, 0.1) is 13.2 Å². The van der Waals surface area contributed by atoms with Crippen LogP contribution in [0.3, 0.4) is 0 Å². The molecular formula is C25H24N2O3. The smallest absolute Gasteiger partial charge is 0.266 e. The summed E-state index contributed by atoms with van der Waals surface area (Å²) in [5.41, 5.74) is 1.27. The predicted molar refractivity (Wildman–Crippen MR) is 120 cm³/mol. The van der Waals surface area contributed by atoms with Crippen LogP contribution in [-0.2, 0) is 4.79 Å². The lowest BCUT2D eigenvalue weighted by Gasteiger charge is -2.14. The molecule has 3 aromatic carbocycles. The zero-order chi connectivity index (χ0) is 21.3. The van der Waals surface area contributed by atoms with Gasteiger partial charge < -0.3 is 14.8 Å². The van der Waals surface area contributed by atoms with Crippen LogP contribution >= 0.6 is 0 Å². The van der Waals surface area contributed by atoms with Gasteiger partial charge in [0.25, 0.3) is 5.91 Å². The fourth-order valence-corrected chi connectivity index (χ4v) is 3.10. The first kappa shape index (κ1) is 20.9. The molecule has 0 aliphatic heterocycles. The van der Waals surface area contributed by atoms with E-state index in [2.05, 4.69) is 5.32 Å². The van der Waals surface area contributed by atoms with Crippen molar-refractivity contribution in [2.24, 2.45) is 0 Å². The molecule has 0 aliphatic rings. The number of ether oxygens (including phenoxy) is 2. The number of nitrogens with zero attached hydrogens (tertiary/aromatic N) is 1. The Labute approximate surface area is 176 Å². The Morgan fingerprint density at radius 2 is 1.80 bits per heavy atom. The quantitative estimate of drug-likeness (QED) is 0.396. The van der Waals surface area contributed by atoms with Crippen LogP contribution in [0, 0.1) is 11.3 Å². The summed E-state index contributed by atoms with van der Waals surface area (Å²) in [6.45, 7) is 4.90. The van der Waals surface area contributed by atoms with Crippen molar-refractivity contribution in [1.29, 1.82) is 5.26 Å². The highest BCUT2D eigenvalue weighted by Gasteiger charge is 2.15. The van der Waals surface area contributed by atoms with E-state index in [0.29, 0.717) is 36.0 Å². The van der Waals surface area contributed by atoms with E-state index < -0.39 is 5.91 Å². The molecule has 30 heavy (non-hydrogen) atoms. The predicted octanol–water partition coefficient (Wildman–Crippen LogP) is 5.57. The number of amides is 1. The first-order valence-corrected chi connectivity index (χ1v) is 9.97.